The molecule has 1 aromatic rings. The minimum Gasteiger partial charge on any atom is -0.398 e. The Morgan fingerprint density at radius 2 is 1.80 bits per heavy atom. The lowest BCUT2D eigenvalue weighted by atomic mass is 10.3. The number of sulfone groups is 1. The highest BCUT2D eigenvalue weighted by Gasteiger charge is 2.21. The largest absolute Gasteiger partial charge is 0.398 e. The van der Waals surface area contributed by atoms with E-state index in [1.807, 2.05) is 0 Å². The summed E-state index contributed by atoms with van der Waals surface area (Å²) in [5.41, 5.74) is 5.81. The van der Waals surface area contributed by atoms with Crippen LogP contribution in [0.4, 0.5) is 5.69 Å². The van der Waals surface area contributed by atoms with Gasteiger partial charge in [-0.05, 0) is 34.5 Å². The first-order chi connectivity index (χ1) is 9.03. The summed E-state index contributed by atoms with van der Waals surface area (Å²) in [6.45, 7) is 0.0251. The minimum atomic E-state index is -3.79. The second kappa shape index (κ2) is 6.73. The summed E-state index contributed by atoms with van der Waals surface area (Å²) in [6.07, 6.45) is 1.30. The molecule has 0 aromatic heterocycles. The minimum absolute atomic E-state index is 0.0251. The lowest BCUT2D eigenvalue weighted by molar-refractivity contribution is 0.577. The molecule has 0 aliphatic carbocycles. The molecule has 0 spiro atoms. The van der Waals surface area contributed by atoms with Crippen LogP contribution in [0.2, 0.25) is 0 Å². The molecule has 0 aliphatic rings. The van der Waals surface area contributed by atoms with E-state index in [0.29, 0.717) is 8.95 Å². The Kier molecular flexibility index (Phi) is 6.02. The van der Waals surface area contributed by atoms with Gasteiger partial charge in [-0.1, -0.05) is 15.9 Å². The lowest BCUT2D eigenvalue weighted by Crippen LogP contribution is -2.27. The van der Waals surface area contributed by atoms with Gasteiger partial charge in [0, 0.05) is 21.7 Å². The molecule has 10 heteroatoms. The molecule has 0 amide bonds. The zero-order valence-corrected chi connectivity index (χ0v) is 15.4. The van der Waals surface area contributed by atoms with Gasteiger partial charge in [-0.3, -0.25) is 0 Å². The Bertz CT molecular complexity index is 679. The second-order valence-electron chi connectivity index (χ2n) is 4.19. The maximum Gasteiger partial charge on any atom is 0.243 e. The molecule has 3 N–H and O–H groups in total. The van der Waals surface area contributed by atoms with Crippen LogP contribution in [-0.4, -0.2) is 35.4 Å². The average molecular weight is 450 g/mol. The summed E-state index contributed by atoms with van der Waals surface area (Å²) >= 11 is 6.36. The molecule has 0 unspecified atom stereocenters. The van der Waals surface area contributed by atoms with Crippen molar-refractivity contribution in [1.29, 1.82) is 0 Å². The van der Waals surface area contributed by atoms with Gasteiger partial charge in [0.25, 0.3) is 0 Å². The molecule has 0 bridgehead atoms. The van der Waals surface area contributed by atoms with E-state index >= 15 is 0 Å². The number of halogens is 2. The fourth-order valence-corrected chi connectivity index (χ4v) is 5.29. The van der Waals surface area contributed by atoms with E-state index in [1.54, 1.807) is 6.07 Å². The van der Waals surface area contributed by atoms with Crippen molar-refractivity contribution in [2.75, 3.05) is 24.3 Å². The zero-order valence-electron chi connectivity index (χ0n) is 10.6. The standard InChI is InChI=1S/C10H14Br2N2O4S2/c1-19(15,16)4-2-3-14-20(17,18)10-8(12)5-7(11)6-9(10)13/h5-6,14H,2-4,13H2,1H3. The second-order valence-corrected chi connectivity index (χ2v) is 9.92. The topological polar surface area (TPSA) is 106 Å². The van der Waals surface area contributed by atoms with Crippen molar-refractivity contribution in [3.8, 4) is 0 Å². The maximum absolute atomic E-state index is 12.1. The molecule has 6 nitrogen and oxygen atoms in total. The van der Waals surface area contributed by atoms with Gasteiger partial charge in [-0.15, -0.1) is 0 Å². The first-order valence-electron chi connectivity index (χ1n) is 5.45. The molecule has 0 heterocycles. The highest BCUT2D eigenvalue weighted by molar-refractivity contribution is 9.11. The number of nitrogens with one attached hydrogen (secondary N) is 1. The van der Waals surface area contributed by atoms with E-state index in [9.17, 15) is 16.8 Å². The third-order valence-corrected chi connectivity index (χ3v) is 6.24. The van der Waals surface area contributed by atoms with E-state index in [2.05, 4.69) is 36.6 Å². The monoisotopic (exact) mass is 448 g/mol. The number of sulfonamides is 1. The summed E-state index contributed by atoms with van der Waals surface area (Å²) in [6, 6.07) is 3.05. The summed E-state index contributed by atoms with van der Waals surface area (Å²) in [7, 11) is -6.90. The third-order valence-electron chi connectivity index (χ3n) is 2.29. The van der Waals surface area contributed by atoms with Crippen LogP contribution in [-0.2, 0) is 19.9 Å². The number of benzene rings is 1. The molecule has 1 aromatic carbocycles. The quantitative estimate of drug-likeness (QED) is 0.505. The van der Waals surface area contributed by atoms with E-state index in [4.69, 9.17) is 5.73 Å². The predicted molar refractivity (Wildman–Crippen MR) is 85.8 cm³/mol. The van der Waals surface area contributed by atoms with Gasteiger partial charge < -0.3 is 5.73 Å². The van der Waals surface area contributed by atoms with Gasteiger partial charge in [-0.25, -0.2) is 21.6 Å². The van der Waals surface area contributed by atoms with Crippen molar-refractivity contribution in [2.24, 2.45) is 0 Å². The number of rotatable bonds is 6. The van der Waals surface area contributed by atoms with E-state index in [0.717, 1.165) is 6.26 Å². The van der Waals surface area contributed by atoms with Crippen molar-refractivity contribution < 1.29 is 16.8 Å². The van der Waals surface area contributed by atoms with E-state index < -0.39 is 19.9 Å². The number of nitrogen functional groups attached to an aromatic ring is 1. The van der Waals surface area contributed by atoms with Gasteiger partial charge >= 0.3 is 0 Å². The lowest BCUT2D eigenvalue weighted by Gasteiger charge is -2.11. The summed E-state index contributed by atoms with van der Waals surface area (Å²) < 4.78 is 49.5. The number of anilines is 1. The summed E-state index contributed by atoms with van der Waals surface area (Å²) in [5.74, 6) is -0.0769. The Balaban J connectivity index is 2.85. The Morgan fingerprint density at radius 1 is 1.20 bits per heavy atom. The average Bonchev–Trinajstić information content (AvgIpc) is 2.21. The summed E-state index contributed by atoms with van der Waals surface area (Å²) in [4.78, 5) is -0.0555. The molecule has 1 rings (SSSR count). The number of nitrogens with two attached hydrogens (primary N) is 1. The van der Waals surface area contributed by atoms with Gasteiger partial charge in [0.2, 0.25) is 10.0 Å². The zero-order chi connectivity index (χ0) is 15.6. The third kappa shape index (κ3) is 5.32. The van der Waals surface area contributed by atoms with Gasteiger partial charge in [-0.2, -0.15) is 0 Å². The Labute approximate surface area is 135 Å². The molecule has 0 saturated heterocycles. The highest BCUT2D eigenvalue weighted by Crippen LogP contribution is 2.31. The van der Waals surface area contributed by atoms with Crippen LogP contribution in [0.5, 0.6) is 0 Å². The molecule has 0 radical (unpaired) electrons. The van der Waals surface area contributed by atoms with Crippen LogP contribution in [0.3, 0.4) is 0 Å². The smallest absolute Gasteiger partial charge is 0.243 e. The highest BCUT2D eigenvalue weighted by atomic mass is 79.9. The Hall–Kier alpha value is -0.160. The van der Waals surface area contributed by atoms with E-state index in [-0.39, 0.29) is 29.3 Å². The van der Waals surface area contributed by atoms with Crippen molar-refractivity contribution in [2.45, 2.75) is 11.3 Å². The maximum atomic E-state index is 12.1. The van der Waals surface area contributed by atoms with E-state index in [1.165, 1.54) is 6.07 Å². The van der Waals surface area contributed by atoms with Crippen LogP contribution < -0.4 is 10.5 Å². The number of hydrogen-bond acceptors (Lipinski definition) is 5. The van der Waals surface area contributed by atoms with Crippen LogP contribution >= 0.6 is 31.9 Å². The molecule has 0 saturated carbocycles. The Morgan fingerprint density at radius 3 is 2.30 bits per heavy atom. The van der Waals surface area contributed by atoms with Crippen LogP contribution in [0.25, 0.3) is 0 Å². The van der Waals surface area contributed by atoms with Crippen LogP contribution in [0, 0.1) is 0 Å². The van der Waals surface area contributed by atoms with Crippen molar-refractivity contribution >= 4 is 57.4 Å². The molecule has 114 valence electrons. The molecular formula is C10H14Br2N2O4S2. The first-order valence-corrected chi connectivity index (χ1v) is 10.6. The van der Waals surface area contributed by atoms with Crippen molar-refractivity contribution in [1.82, 2.24) is 4.72 Å². The molecular weight excluding hydrogens is 436 g/mol. The normalized spacial score (nSPS) is 12.6. The van der Waals surface area contributed by atoms with Crippen LogP contribution in [0.1, 0.15) is 6.42 Å². The molecule has 0 fully saturated rings. The van der Waals surface area contributed by atoms with Crippen LogP contribution in [0.15, 0.2) is 26.0 Å². The fourth-order valence-electron chi connectivity index (χ4n) is 1.48. The summed E-state index contributed by atoms with van der Waals surface area (Å²) in [5, 5.41) is 0. The molecule has 20 heavy (non-hydrogen) atoms. The first kappa shape index (κ1) is 17.9. The molecule has 0 atom stereocenters. The predicted octanol–water partition coefficient (Wildman–Crippen LogP) is 1.51. The van der Waals surface area contributed by atoms with Gasteiger partial charge in [0.05, 0.1) is 11.4 Å². The number of hydrogen-bond donors (Lipinski definition) is 2. The SMILES string of the molecule is CS(=O)(=O)CCCNS(=O)(=O)c1c(N)cc(Br)cc1Br. The van der Waals surface area contributed by atoms with Gasteiger partial charge in [0.15, 0.2) is 0 Å². The molecule has 0 aliphatic heterocycles. The van der Waals surface area contributed by atoms with Crippen molar-refractivity contribution in [3.63, 3.8) is 0 Å². The van der Waals surface area contributed by atoms with Gasteiger partial charge in [0.1, 0.15) is 14.7 Å². The fraction of sp³-hybridized carbons (Fsp3) is 0.400. The van der Waals surface area contributed by atoms with Crippen molar-refractivity contribution in [3.05, 3.63) is 21.1 Å².